The average molecular weight is 341 g/mol. The minimum atomic E-state index is 0.0861. The molecule has 110 valence electrons. The number of aromatic nitrogens is 1. The normalized spacial score (nSPS) is 14.8. The van der Waals surface area contributed by atoms with Crippen molar-refractivity contribution in [3.63, 3.8) is 0 Å². The van der Waals surface area contributed by atoms with Gasteiger partial charge >= 0.3 is 0 Å². The van der Waals surface area contributed by atoms with Gasteiger partial charge in [-0.3, -0.25) is 4.79 Å². The number of halogens is 2. The van der Waals surface area contributed by atoms with Gasteiger partial charge in [0.15, 0.2) is 5.13 Å². The van der Waals surface area contributed by atoms with E-state index in [0.29, 0.717) is 21.6 Å². The fraction of sp³-hybridized carbons (Fsp3) is 0.333. The standard InChI is InChI=1S/C15H14Cl2N2OS/c16-12-6-2-5-10(13(12)17)7-11-8-18-15(21-11)19-14(20)9-3-1-4-9/h2,5-6,8-9H,1,3-4,7H2,(H,18,19,20). The molecule has 0 unspecified atom stereocenters. The zero-order chi connectivity index (χ0) is 14.8. The molecule has 0 aliphatic heterocycles. The van der Waals surface area contributed by atoms with E-state index in [1.807, 2.05) is 12.1 Å². The minimum absolute atomic E-state index is 0.0861. The van der Waals surface area contributed by atoms with Crippen LogP contribution in [0, 0.1) is 5.92 Å². The molecule has 1 aliphatic rings. The SMILES string of the molecule is O=C(Nc1ncc(Cc2cccc(Cl)c2Cl)s1)C1CCC1. The molecule has 1 fully saturated rings. The molecule has 0 radical (unpaired) electrons. The Hall–Kier alpha value is -1.10. The van der Waals surface area contributed by atoms with E-state index in [9.17, 15) is 4.79 Å². The zero-order valence-electron chi connectivity index (χ0n) is 11.2. The van der Waals surface area contributed by atoms with Gasteiger partial charge in [0, 0.05) is 23.4 Å². The number of nitrogens with one attached hydrogen (secondary N) is 1. The summed E-state index contributed by atoms with van der Waals surface area (Å²) in [5, 5.41) is 4.67. The molecule has 1 aromatic carbocycles. The number of carbonyl (C=O) groups excluding carboxylic acids is 1. The van der Waals surface area contributed by atoms with Crippen molar-refractivity contribution < 1.29 is 4.79 Å². The van der Waals surface area contributed by atoms with E-state index in [1.165, 1.54) is 11.3 Å². The smallest absolute Gasteiger partial charge is 0.229 e. The molecule has 0 atom stereocenters. The second-order valence-corrected chi connectivity index (χ2v) is 7.04. The number of hydrogen-bond donors (Lipinski definition) is 1. The number of thiazole rings is 1. The van der Waals surface area contributed by atoms with Gasteiger partial charge in [-0.1, -0.05) is 41.8 Å². The van der Waals surface area contributed by atoms with Crippen molar-refractivity contribution in [1.29, 1.82) is 0 Å². The van der Waals surface area contributed by atoms with Crippen LogP contribution in [0.5, 0.6) is 0 Å². The number of hydrogen-bond acceptors (Lipinski definition) is 3. The fourth-order valence-corrected chi connectivity index (χ4v) is 3.42. The monoisotopic (exact) mass is 340 g/mol. The lowest BCUT2D eigenvalue weighted by atomic mass is 9.85. The first kappa shape index (κ1) is 14.8. The van der Waals surface area contributed by atoms with Crippen molar-refractivity contribution in [1.82, 2.24) is 4.98 Å². The van der Waals surface area contributed by atoms with Gasteiger partial charge in [0.2, 0.25) is 5.91 Å². The summed E-state index contributed by atoms with van der Waals surface area (Å²) in [4.78, 5) is 17.2. The van der Waals surface area contributed by atoms with E-state index < -0.39 is 0 Å². The molecular formula is C15H14Cl2N2OS. The Bertz CT molecular complexity index is 667. The lowest BCUT2D eigenvalue weighted by Crippen LogP contribution is -2.27. The van der Waals surface area contributed by atoms with Crippen LogP contribution in [0.15, 0.2) is 24.4 Å². The molecule has 1 aromatic heterocycles. The molecule has 3 nitrogen and oxygen atoms in total. The maximum atomic E-state index is 11.9. The van der Waals surface area contributed by atoms with E-state index >= 15 is 0 Å². The van der Waals surface area contributed by atoms with Crippen molar-refractivity contribution in [3.05, 3.63) is 44.9 Å². The number of amides is 1. The molecule has 0 saturated heterocycles. The zero-order valence-corrected chi connectivity index (χ0v) is 13.6. The first-order valence-corrected chi connectivity index (χ1v) is 8.39. The van der Waals surface area contributed by atoms with Crippen LogP contribution in [0.25, 0.3) is 0 Å². The van der Waals surface area contributed by atoms with Gasteiger partial charge in [0.25, 0.3) is 0 Å². The Kier molecular flexibility index (Phi) is 4.48. The van der Waals surface area contributed by atoms with Gasteiger partial charge in [-0.05, 0) is 24.5 Å². The first-order valence-electron chi connectivity index (χ1n) is 6.82. The van der Waals surface area contributed by atoms with Crippen LogP contribution in [-0.2, 0) is 11.2 Å². The van der Waals surface area contributed by atoms with Crippen LogP contribution in [0.3, 0.4) is 0 Å². The number of nitrogens with zero attached hydrogens (tertiary/aromatic N) is 1. The molecule has 1 amide bonds. The van der Waals surface area contributed by atoms with Gasteiger partial charge in [-0.15, -0.1) is 11.3 Å². The minimum Gasteiger partial charge on any atom is -0.302 e. The third-order valence-corrected chi connectivity index (χ3v) is 5.43. The van der Waals surface area contributed by atoms with E-state index in [4.69, 9.17) is 23.2 Å². The van der Waals surface area contributed by atoms with Crippen molar-refractivity contribution in [2.75, 3.05) is 5.32 Å². The van der Waals surface area contributed by atoms with Crippen molar-refractivity contribution >= 4 is 45.6 Å². The Morgan fingerprint density at radius 1 is 1.38 bits per heavy atom. The molecule has 0 bridgehead atoms. The van der Waals surface area contributed by atoms with E-state index in [-0.39, 0.29) is 11.8 Å². The summed E-state index contributed by atoms with van der Waals surface area (Å²) in [6, 6.07) is 5.59. The summed E-state index contributed by atoms with van der Waals surface area (Å²) in [5.74, 6) is 0.252. The molecule has 1 aliphatic carbocycles. The van der Waals surface area contributed by atoms with E-state index in [0.717, 1.165) is 29.7 Å². The maximum absolute atomic E-state index is 11.9. The second-order valence-electron chi connectivity index (χ2n) is 5.14. The Morgan fingerprint density at radius 3 is 2.90 bits per heavy atom. The van der Waals surface area contributed by atoms with Gasteiger partial charge in [0.1, 0.15) is 0 Å². The van der Waals surface area contributed by atoms with Gasteiger partial charge < -0.3 is 5.32 Å². The van der Waals surface area contributed by atoms with Crippen molar-refractivity contribution in [2.24, 2.45) is 5.92 Å². The lowest BCUT2D eigenvalue weighted by Gasteiger charge is -2.23. The average Bonchev–Trinajstić information content (AvgIpc) is 2.80. The third kappa shape index (κ3) is 3.39. The summed E-state index contributed by atoms with van der Waals surface area (Å²) in [6.45, 7) is 0. The molecule has 2 aromatic rings. The molecule has 6 heteroatoms. The van der Waals surface area contributed by atoms with E-state index in [2.05, 4.69) is 10.3 Å². The highest BCUT2D eigenvalue weighted by Gasteiger charge is 2.25. The Balaban J connectivity index is 1.67. The first-order chi connectivity index (χ1) is 10.1. The van der Waals surface area contributed by atoms with Crippen LogP contribution in [0.4, 0.5) is 5.13 Å². The summed E-state index contributed by atoms with van der Waals surface area (Å²) in [6.07, 6.45) is 5.56. The summed E-state index contributed by atoms with van der Waals surface area (Å²) >= 11 is 13.7. The molecular weight excluding hydrogens is 327 g/mol. The second kappa shape index (κ2) is 6.34. The fourth-order valence-electron chi connectivity index (χ4n) is 2.20. The van der Waals surface area contributed by atoms with Crippen LogP contribution in [-0.4, -0.2) is 10.9 Å². The summed E-state index contributed by atoms with van der Waals surface area (Å²) in [5.41, 5.74) is 0.963. The van der Waals surface area contributed by atoms with Crippen LogP contribution >= 0.6 is 34.5 Å². The highest BCUT2D eigenvalue weighted by atomic mass is 35.5. The largest absolute Gasteiger partial charge is 0.302 e. The Morgan fingerprint density at radius 2 is 2.19 bits per heavy atom. The number of anilines is 1. The molecule has 0 spiro atoms. The highest BCUT2D eigenvalue weighted by molar-refractivity contribution is 7.15. The molecule has 21 heavy (non-hydrogen) atoms. The molecule has 1 heterocycles. The lowest BCUT2D eigenvalue weighted by molar-refractivity contribution is -0.122. The predicted molar refractivity (Wildman–Crippen MR) is 87.4 cm³/mol. The van der Waals surface area contributed by atoms with E-state index in [1.54, 1.807) is 12.3 Å². The van der Waals surface area contributed by atoms with Gasteiger partial charge in [-0.2, -0.15) is 0 Å². The van der Waals surface area contributed by atoms with Crippen LogP contribution in [0.1, 0.15) is 29.7 Å². The van der Waals surface area contributed by atoms with Crippen molar-refractivity contribution in [3.8, 4) is 0 Å². The van der Waals surface area contributed by atoms with Crippen molar-refractivity contribution in [2.45, 2.75) is 25.7 Å². The quantitative estimate of drug-likeness (QED) is 0.870. The van der Waals surface area contributed by atoms with Crippen LogP contribution in [0.2, 0.25) is 10.0 Å². The number of rotatable bonds is 4. The summed E-state index contributed by atoms with van der Waals surface area (Å²) < 4.78 is 0. The van der Waals surface area contributed by atoms with Gasteiger partial charge in [0.05, 0.1) is 10.0 Å². The van der Waals surface area contributed by atoms with Gasteiger partial charge in [-0.25, -0.2) is 4.98 Å². The highest BCUT2D eigenvalue weighted by Crippen LogP contribution is 2.31. The predicted octanol–water partition coefficient (Wildman–Crippen LogP) is 4.78. The molecule has 3 rings (SSSR count). The third-order valence-electron chi connectivity index (χ3n) is 3.66. The number of benzene rings is 1. The maximum Gasteiger partial charge on any atom is 0.229 e. The Labute approximate surface area is 137 Å². The molecule has 1 saturated carbocycles. The molecule has 1 N–H and O–H groups in total. The number of carbonyl (C=O) groups is 1. The summed E-state index contributed by atoms with van der Waals surface area (Å²) in [7, 11) is 0. The van der Waals surface area contributed by atoms with Crippen LogP contribution < -0.4 is 5.32 Å². The topological polar surface area (TPSA) is 42.0 Å².